The number of carbonyl (C=O) groups excluding carboxylic acids is 1. The number of nitrogen functional groups attached to an aromatic ring is 1. The van der Waals surface area contributed by atoms with Gasteiger partial charge in [0.2, 0.25) is 0 Å². The monoisotopic (exact) mass is 249 g/mol. The van der Waals surface area contributed by atoms with E-state index < -0.39 is 0 Å². The topological polar surface area (TPSA) is 77.2 Å². The van der Waals surface area contributed by atoms with E-state index in [1.807, 2.05) is 0 Å². The number of aromatic nitrogens is 1. The minimum absolute atomic E-state index is 0.0521. The minimum atomic E-state index is -0.239. The summed E-state index contributed by atoms with van der Waals surface area (Å²) in [6, 6.07) is 6.86. The van der Waals surface area contributed by atoms with E-state index in [9.17, 15) is 4.79 Å². The van der Waals surface area contributed by atoms with Crippen LogP contribution < -0.4 is 15.8 Å². The molecule has 0 spiro atoms. The summed E-state index contributed by atoms with van der Waals surface area (Å²) in [6.45, 7) is -0.0521. The van der Waals surface area contributed by atoms with Crippen molar-refractivity contribution in [3.8, 4) is 5.75 Å². The first-order valence-electron chi connectivity index (χ1n) is 4.92. The van der Waals surface area contributed by atoms with Crippen LogP contribution in [0, 0.1) is 0 Å². The number of ether oxygens (including phenoxy) is 1. The Kier molecular flexibility index (Phi) is 3.56. The molecular formula is C11H11N3O2S. The average molecular weight is 249 g/mol. The van der Waals surface area contributed by atoms with Gasteiger partial charge >= 0.3 is 0 Å². The number of thiazole rings is 1. The molecule has 0 aliphatic carbocycles. The molecule has 17 heavy (non-hydrogen) atoms. The van der Waals surface area contributed by atoms with Crippen LogP contribution in [0.25, 0.3) is 0 Å². The Hall–Kier alpha value is -2.08. The van der Waals surface area contributed by atoms with Gasteiger partial charge < -0.3 is 10.5 Å². The highest BCUT2D eigenvalue weighted by Crippen LogP contribution is 2.13. The van der Waals surface area contributed by atoms with Crippen LogP contribution in [0.5, 0.6) is 5.75 Å². The van der Waals surface area contributed by atoms with Crippen molar-refractivity contribution >= 4 is 28.1 Å². The Morgan fingerprint density at radius 2 is 2.18 bits per heavy atom. The molecule has 3 N–H and O–H groups in total. The summed E-state index contributed by atoms with van der Waals surface area (Å²) in [6.07, 6.45) is 1.63. The zero-order valence-electron chi connectivity index (χ0n) is 8.92. The first kappa shape index (κ1) is 11.4. The van der Waals surface area contributed by atoms with E-state index >= 15 is 0 Å². The van der Waals surface area contributed by atoms with Gasteiger partial charge in [-0.2, -0.15) is 0 Å². The van der Waals surface area contributed by atoms with Crippen molar-refractivity contribution in [3.63, 3.8) is 0 Å². The van der Waals surface area contributed by atoms with Gasteiger partial charge in [-0.3, -0.25) is 10.1 Å². The van der Waals surface area contributed by atoms with E-state index in [4.69, 9.17) is 10.5 Å². The van der Waals surface area contributed by atoms with Crippen molar-refractivity contribution in [1.82, 2.24) is 4.98 Å². The molecule has 2 rings (SSSR count). The minimum Gasteiger partial charge on any atom is -0.484 e. The number of benzene rings is 1. The SMILES string of the molecule is Nc1ccc(OCC(=O)Nc2nccs2)cc1. The fourth-order valence-electron chi connectivity index (χ4n) is 1.15. The Morgan fingerprint density at radius 1 is 1.41 bits per heavy atom. The molecule has 0 saturated heterocycles. The zero-order chi connectivity index (χ0) is 12.1. The van der Waals surface area contributed by atoms with Crippen LogP contribution in [0.2, 0.25) is 0 Å². The second kappa shape index (κ2) is 5.31. The van der Waals surface area contributed by atoms with Gasteiger partial charge in [-0.1, -0.05) is 0 Å². The van der Waals surface area contributed by atoms with E-state index in [-0.39, 0.29) is 12.5 Å². The summed E-state index contributed by atoms with van der Waals surface area (Å²) in [4.78, 5) is 15.4. The molecule has 1 aromatic heterocycles. The molecule has 0 radical (unpaired) electrons. The molecule has 0 fully saturated rings. The first-order chi connectivity index (χ1) is 8.24. The van der Waals surface area contributed by atoms with Crippen molar-refractivity contribution in [3.05, 3.63) is 35.8 Å². The summed E-state index contributed by atoms with van der Waals surface area (Å²) in [7, 11) is 0. The summed E-state index contributed by atoms with van der Waals surface area (Å²) in [5, 5.41) is 4.98. The number of nitrogens with one attached hydrogen (secondary N) is 1. The predicted octanol–water partition coefficient (Wildman–Crippen LogP) is 1.74. The van der Waals surface area contributed by atoms with Gasteiger partial charge in [-0.15, -0.1) is 11.3 Å². The maximum atomic E-state index is 11.5. The molecule has 0 aliphatic heterocycles. The standard InChI is InChI=1S/C11H11N3O2S/c12-8-1-3-9(4-2-8)16-7-10(15)14-11-13-5-6-17-11/h1-6H,7,12H2,(H,13,14,15). The van der Waals surface area contributed by atoms with E-state index in [1.165, 1.54) is 11.3 Å². The maximum Gasteiger partial charge on any atom is 0.264 e. The summed E-state index contributed by atoms with van der Waals surface area (Å²) in [5.74, 6) is 0.366. The van der Waals surface area contributed by atoms with E-state index in [0.717, 1.165) is 0 Å². The lowest BCUT2D eigenvalue weighted by molar-refractivity contribution is -0.118. The normalized spacial score (nSPS) is 9.88. The molecule has 0 unspecified atom stereocenters. The van der Waals surface area contributed by atoms with Crippen LogP contribution in [-0.2, 0) is 4.79 Å². The molecule has 5 nitrogen and oxygen atoms in total. The predicted molar refractivity (Wildman–Crippen MR) is 67.1 cm³/mol. The van der Waals surface area contributed by atoms with Gasteiger partial charge in [-0.25, -0.2) is 4.98 Å². The third-order valence-corrected chi connectivity index (χ3v) is 2.62. The second-order valence-electron chi connectivity index (χ2n) is 3.24. The largest absolute Gasteiger partial charge is 0.484 e. The number of nitrogens with two attached hydrogens (primary N) is 1. The Bertz CT molecular complexity index is 482. The zero-order valence-corrected chi connectivity index (χ0v) is 9.74. The number of amides is 1. The van der Waals surface area contributed by atoms with Gasteiger partial charge in [-0.05, 0) is 24.3 Å². The van der Waals surface area contributed by atoms with Crippen LogP contribution >= 0.6 is 11.3 Å². The molecule has 1 amide bonds. The van der Waals surface area contributed by atoms with Crippen molar-refractivity contribution in [2.75, 3.05) is 17.7 Å². The van der Waals surface area contributed by atoms with Crippen molar-refractivity contribution in [2.45, 2.75) is 0 Å². The van der Waals surface area contributed by atoms with Crippen molar-refractivity contribution in [1.29, 1.82) is 0 Å². The van der Waals surface area contributed by atoms with Gasteiger partial charge in [0.05, 0.1) is 0 Å². The molecule has 0 saturated carbocycles. The van der Waals surface area contributed by atoms with Crippen LogP contribution in [0.4, 0.5) is 10.8 Å². The highest BCUT2D eigenvalue weighted by atomic mass is 32.1. The lowest BCUT2D eigenvalue weighted by atomic mass is 10.3. The smallest absolute Gasteiger partial charge is 0.264 e. The number of carbonyl (C=O) groups is 1. The Labute approximate surface area is 102 Å². The first-order valence-corrected chi connectivity index (χ1v) is 5.80. The molecule has 2 aromatic rings. The molecule has 1 heterocycles. The van der Waals surface area contributed by atoms with E-state index in [1.54, 1.807) is 35.8 Å². The van der Waals surface area contributed by atoms with Crippen LogP contribution in [0.15, 0.2) is 35.8 Å². The Morgan fingerprint density at radius 3 is 2.82 bits per heavy atom. The molecule has 1 aromatic carbocycles. The summed E-state index contributed by atoms with van der Waals surface area (Å²) in [5.41, 5.74) is 6.19. The number of hydrogen-bond donors (Lipinski definition) is 2. The molecule has 0 bridgehead atoms. The number of anilines is 2. The highest BCUT2D eigenvalue weighted by molar-refractivity contribution is 7.13. The van der Waals surface area contributed by atoms with E-state index in [0.29, 0.717) is 16.6 Å². The fraction of sp³-hybridized carbons (Fsp3) is 0.0909. The summed E-state index contributed by atoms with van der Waals surface area (Å²) >= 11 is 1.36. The summed E-state index contributed by atoms with van der Waals surface area (Å²) < 4.78 is 5.28. The van der Waals surface area contributed by atoms with Gasteiger partial charge in [0.15, 0.2) is 11.7 Å². The quantitative estimate of drug-likeness (QED) is 0.809. The fourth-order valence-corrected chi connectivity index (χ4v) is 1.70. The van der Waals surface area contributed by atoms with Crippen molar-refractivity contribution < 1.29 is 9.53 Å². The lowest BCUT2D eigenvalue weighted by Gasteiger charge is -2.05. The molecule has 0 atom stereocenters. The number of nitrogens with zero attached hydrogens (tertiary/aromatic N) is 1. The van der Waals surface area contributed by atoms with Gasteiger partial charge in [0, 0.05) is 17.3 Å². The maximum absolute atomic E-state index is 11.5. The number of hydrogen-bond acceptors (Lipinski definition) is 5. The third kappa shape index (κ3) is 3.46. The molecule has 6 heteroatoms. The third-order valence-electron chi connectivity index (χ3n) is 1.93. The second-order valence-corrected chi connectivity index (χ2v) is 4.14. The average Bonchev–Trinajstić information content (AvgIpc) is 2.81. The van der Waals surface area contributed by atoms with Gasteiger partial charge in [0.25, 0.3) is 5.91 Å². The molecule has 88 valence electrons. The molecular weight excluding hydrogens is 238 g/mol. The van der Waals surface area contributed by atoms with Gasteiger partial charge in [0.1, 0.15) is 5.75 Å². The van der Waals surface area contributed by atoms with Crippen LogP contribution in [0.3, 0.4) is 0 Å². The van der Waals surface area contributed by atoms with E-state index in [2.05, 4.69) is 10.3 Å². The lowest BCUT2D eigenvalue weighted by Crippen LogP contribution is -2.19. The highest BCUT2D eigenvalue weighted by Gasteiger charge is 2.04. The van der Waals surface area contributed by atoms with Crippen LogP contribution in [0.1, 0.15) is 0 Å². The van der Waals surface area contributed by atoms with Crippen molar-refractivity contribution in [2.24, 2.45) is 0 Å². The van der Waals surface area contributed by atoms with Crippen LogP contribution in [-0.4, -0.2) is 17.5 Å². The molecule has 0 aliphatic rings. The Balaban J connectivity index is 1.82. The number of rotatable bonds is 4.